The molecule has 0 unspecified atom stereocenters. The van der Waals surface area contributed by atoms with Gasteiger partial charge < -0.3 is 4.90 Å². The van der Waals surface area contributed by atoms with E-state index in [1.54, 1.807) is 4.90 Å². The van der Waals surface area contributed by atoms with Crippen molar-refractivity contribution < 1.29 is 13.2 Å². The summed E-state index contributed by atoms with van der Waals surface area (Å²) in [6.07, 6.45) is 3.78. The molecule has 0 amide bonds. The Hall–Kier alpha value is -1.70. The molecule has 90 valence electrons. The van der Waals surface area contributed by atoms with Gasteiger partial charge in [0.05, 0.1) is 5.56 Å². The normalized spacial score (nSPS) is 16.0. The van der Waals surface area contributed by atoms with Crippen LogP contribution in [0.1, 0.15) is 24.0 Å². The van der Waals surface area contributed by atoms with Gasteiger partial charge in [-0.2, -0.15) is 13.2 Å². The fraction of sp³-hybridized carbons (Fsp3) is 0.417. The molecule has 1 aromatic rings. The first-order valence-corrected chi connectivity index (χ1v) is 5.31. The fourth-order valence-electron chi connectivity index (χ4n) is 1.93. The maximum atomic E-state index is 12.9. The van der Waals surface area contributed by atoms with E-state index in [0.29, 0.717) is 13.1 Å². The summed E-state index contributed by atoms with van der Waals surface area (Å²) in [7, 11) is 0. The smallest absolute Gasteiger partial charge is 0.356 e. The van der Waals surface area contributed by atoms with E-state index in [2.05, 4.69) is 10.9 Å². The molecule has 2 nitrogen and oxygen atoms in total. The summed E-state index contributed by atoms with van der Waals surface area (Å²) in [6, 6.07) is 0.987. The van der Waals surface area contributed by atoms with E-state index in [1.165, 1.54) is 6.20 Å². The largest absolute Gasteiger partial charge is 0.420 e. The molecule has 0 aromatic carbocycles. The van der Waals surface area contributed by atoms with E-state index in [4.69, 9.17) is 6.42 Å². The molecule has 0 saturated carbocycles. The summed E-state index contributed by atoms with van der Waals surface area (Å²) in [5, 5.41) is 0. The van der Waals surface area contributed by atoms with Crippen LogP contribution in [0, 0.1) is 12.3 Å². The van der Waals surface area contributed by atoms with Crippen LogP contribution in [0.3, 0.4) is 0 Å². The molecule has 17 heavy (non-hydrogen) atoms. The molecule has 0 N–H and O–H groups in total. The Bertz CT molecular complexity index is 454. The summed E-state index contributed by atoms with van der Waals surface area (Å²) in [5.41, 5.74) is -0.588. The highest BCUT2D eigenvalue weighted by Crippen LogP contribution is 2.36. The monoisotopic (exact) mass is 240 g/mol. The number of anilines is 1. The number of halogens is 3. The van der Waals surface area contributed by atoms with Gasteiger partial charge in [0.25, 0.3) is 0 Å². The molecular weight excluding hydrogens is 229 g/mol. The molecule has 5 heteroatoms. The van der Waals surface area contributed by atoms with Gasteiger partial charge in [-0.3, -0.25) is 0 Å². The minimum Gasteiger partial charge on any atom is -0.356 e. The number of hydrogen-bond donors (Lipinski definition) is 0. The van der Waals surface area contributed by atoms with Gasteiger partial charge in [-0.1, -0.05) is 5.92 Å². The highest BCUT2D eigenvalue weighted by atomic mass is 19.4. The molecule has 2 rings (SSSR count). The Morgan fingerprint density at radius 1 is 1.29 bits per heavy atom. The lowest BCUT2D eigenvalue weighted by Gasteiger charge is -2.21. The predicted molar refractivity (Wildman–Crippen MR) is 58.6 cm³/mol. The summed E-state index contributed by atoms with van der Waals surface area (Å²) in [5.74, 6) is 2.17. The van der Waals surface area contributed by atoms with Crippen molar-refractivity contribution in [3.05, 3.63) is 23.4 Å². The molecule has 0 spiro atoms. The lowest BCUT2D eigenvalue weighted by atomic mass is 10.1. The molecule has 1 aliphatic rings. The zero-order chi connectivity index (χ0) is 12.5. The van der Waals surface area contributed by atoms with Gasteiger partial charge in [-0.25, -0.2) is 4.98 Å². The van der Waals surface area contributed by atoms with E-state index >= 15 is 0 Å². The number of hydrogen-bond acceptors (Lipinski definition) is 2. The molecule has 1 aromatic heterocycles. The Labute approximate surface area is 97.5 Å². The summed E-state index contributed by atoms with van der Waals surface area (Å²) in [4.78, 5) is 5.52. The fourth-order valence-corrected chi connectivity index (χ4v) is 1.93. The van der Waals surface area contributed by atoms with E-state index in [-0.39, 0.29) is 11.4 Å². The third-order valence-electron chi connectivity index (χ3n) is 2.74. The zero-order valence-electron chi connectivity index (χ0n) is 9.09. The van der Waals surface area contributed by atoms with Crippen LogP contribution in [0.15, 0.2) is 12.3 Å². The maximum Gasteiger partial charge on any atom is 0.420 e. The van der Waals surface area contributed by atoms with Gasteiger partial charge in [0.1, 0.15) is 5.82 Å². The average molecular weight is 240 g/mol. The Kier molecular flexibility index (Phi) is 2.97. The second-order valence-electron chi connectivity index (χ2n) is 3.93. The van der Waals surface area contributed by atoms with E-state index in [0.717, 1.165) is 18.9 Å². The van der Waals surface area contributed by atoms with Crippen molar-refractivity contribution in [2.75, 3.05) is 18.0 Å². The van der Waals surface area contributed by atoms with Gasteiger partial charge in [-0.15, -0.1) is 6.42 Å². The third kappa shape index (κ3) is 2.36. The van der Waals surface area contributed by atoms with Crippen LogP contribution in [0.25, 0.3) is 0 Å². The molecule has 0 aliphatic carbocycles. The van der Waals surface area contributed by atoms with Crippen LogP contribution >= 0.6 is 0 Å². The van der Waals surface area contributed by atoms with Crippen LogP contribution in [0.5, 0.6) is 0 Å². The van der Waals surface area contributed by atoms with Crippen LogP contribution in [-0.2, 0) is 6.18 Å². The SMILES string of the molecule is C#Cc1cnc(N2CCCC2)c(C(F)(F)F)c1. The van der Waals surface area contributed by atoms with Crippen LogP contribution in [0.4, 0.5) is 19.0 Å². The summed E-state index contributed by atoms with van der Waals surface area (Å²) < 4.78 is 38.6. The molecule has 1 aliphatic heterocycles. The van der Waals surface area contributed by atoms with Crippen molar-refractivity contribution in [1.29, 1.82) is 0 Å². The Morgan fingerprint density at radius 2 is 1.94 bits per heavy atom. The van der Waals surface area contributed by atoms with Crippen LogP contribution in [0.2, 0.25) is 0 Å². The van der Waals surface area contributed by atoms with Crippen molar-refractivity contribution >= 4 is 5.82 Å². The number of terminal acetylenes is 1. The first-order chi connectivity index (χ1) is 8.02. The molecule has 0 atom stereocenters. The van der Waals surface area contributed by atoms with Gasteiger partial charge >= 0.3 is 6.18 Å². The minimum absolute atomic E-state index is 0.00556. The second kappa shape index (κ2) is 4.28. The number of aromatic nitrogens is 1. The number of pyridine rings is 1. The Morgan fingerprint density at radius 3 is 2.47 bits per heavy atom. The zero-order valence-corrected chi connectivity index (χ0v) is 9.09. The molecule has 0 radical (unpaired) electrons. The van der Waals surface area contributed by atoms with Crippen molar-refractivity contribution in [2.45, 2.75) is 19.0 Å². The molecule has 1 saturated heterocycles. The molecule has 2 heterocycles. The van der Waals surface area contributed by atoms with E-state index in [1.807, 2.05) is 0 Å². The van der Waals surface area contributed by atoms with Crippen molar-refractivity contribution in [3.8, 4) is 12.3 Å². The van der Waals surface area contributed by atoms with E-state index in [9.17, 15) is 13.2 Å². The van der Waals surface area contributed by atoms with Gasteiger partial charge in [0.15, 0.2) is 0 Å². The molecule has 0 bridgehead atoms. The van der Waals surface area contributed by atoms with Crippen molar-refractivity contribution in [2.24, 2.45) is 0 Å². The lowest BCUT2D eigenvalue weighted by molar-refractivity contribution is -0.137. The van der Waals surface area contributed by atoms with Gasteiger partial charge in [0.2, 0.25) is 0 Å². The summed E-state index contributed by atoms with van der Waals surface area (Å²) >= 11 is 0. The minimum atomic E-state index is -4.42. The second-order valence-corrected chi connectivity index (χ2v) is 3.93. The average Bonchev–Trinajstić information content (AvgIpc) is 2.80. The molecular formula is C12H11F3N2. The quantitative estimate of drug-likeness (QED) is 0.701. The Balaban J connectivity index is 2.47. The standard InChI is InChI=1S/C12H11F3N2/c1-2-9-7-10(12(13,14)15)11(16-8-9)17-5-3-4-6-17/h1,7-8H,3-6H2. The predicted octanol–water partition coefficient (Wildman–Crippen LogP) is 2.68. The first-order valence-electron chi connectivity index (χ1n) is 5.31. The van der Waals surface area contributed by atoms with Crippen LogP contribution < -0.4 is 4.90 Å². The van der Waals surface area contributed by atoms with Gasteiger partial charge in [-0.05, 0) is 18.9 Å². The topological polar surface area (TPSA) is 16.1 Å². The highest BCUT2D eigenvalue weighted by Gasteiger charge is 2.36. The molecule has 1 fully saturated rings. The highest BCUT2D eigenvalue weighted by molar-refractivity contribution is 5.52. The van der Waals surface area contributed by atoms with E-state index < -0.39 is 11.7 Å². The van der Waals surface area contributed by atoms with Gasteiger partial charge in [0, 0.05) is 24.8 Å². The van der Waals surface area contributed by atoms with Crippen molar-refractivity contribution in [3.63, 3.8) is 0 Å². The first kappa shape index (κ1) is 11.8. The van der Waals surface area contributed by atoms with Crippen molar-refractivity contribution in [1.82, 2.24) is 4.98 Å². The van der Waals surface area contributed by atoms with Crippen LogP contribution in [-0.4, -0.2) is 18.1 Å². The third-order valence-corrected chi connectivity index (χ3v) is 2.74. The number of nitrogens with zero attached hydrogens (tertiary/aromatic N) is 2. The summed E-state index contributed by atoms with van der Waals surface area (Å²) in [6.45, 7) is 1.23. The maximum absolute atomic E-state index is 12.9. The lowest BCUT2D eigenvalue weighted by Crippen LogP contribution is -2.23. The number of alkyl halides is 3. The number of rotatable bonds is 1.